The first-order valence-corrected chi connectivity index (χ1v) is 11.2. The summed E-state index contributed by atoms with van der Waals surface area (Å²) in [6.07, 6.45) is 1.11. The summed E-state index contributed by atoms with van der Waals surface area (Å²) in [5, 5.41) is 12.3. The smallest absolute Gasteiger partial charge is 0.294 e. The first kappa shape index (κ1) is 20.7. The van der Waals surface area contributed by atoms with Crippen LogP contribution in [0, 0.1) is 11.8 Å². The molecule has 0 aliphatic rings. The van der Waals surface area contributed by atoms with E-state index in [1.165, 1.54) is 12.1 Å². The van der Waals surface area contributed by atoms with Gasteiger partial charge in [-0.2, -0.15) is 8.42 Å². The van der Waals surface area contributed by atoms with Crippen molar-refractivity contribution in [1.29, 1.82) is 0 Å². The van der Waals surface area contributed by atoms with Gasteiger partial charge in [-0.15, -0.1) is 0 Å². The van der Waals surface area contributed by atoms with Gasteiger partial charge >= 0.3 is 0 Å². The average molecular weight is 429 g/mol. The number of phenols is 1. The van der Waals surface area contributed by atoms with Gasteiger partial charge in [-0.3, -0.25) is 4.55 Å². The van der Waals surface area contributed by atoms with Crippen LogP contribution in [0.4, 0.5) is 0 Å². The van der Waals surface area contributed by atoms with Gasteiger partial charge in [-0.25, -0.2) is 0 Å². The molecule has 0 spiro atoms. The first-order chi connectivity index (χ1) is 14.9. The van der Waals surface area contributed by atoms with Crippen molar-refractivity contribution in [3.05, 3.63) is 107 Å². The van der Waals surface area contributed by atoms with E-state index in [4.69, 9.17) is 4.55 Å². The van der Waals surface area contributed by atoms with E-state index in [-0.39, 0.29) is 10.6 Å². The van der Waals surface area contributed by atoms with E-state index >= 15 is 0 Å². The molecule has 0 aliphatic heterocycles. The Morgan fingerprint density at radius 1 is 0.774 bits per heavy atom. The molecule has 4 aromatic rings. The average Bonchev–Trinajstić information content (AvgIpc) is 2.75. The minimum atomic E-state index is -4.18. The number of aromatic hydroxyl groups is 1. The third-order valence-electron chi connectivity index (χ3n) is 5.02. The second kappa shape index (κ2) is 8.65. The highest BCUT2D eigenvalue weighted by atomic mass is 32.2. The molecule has 31 heavy (non-hydrogen) atoms. The van der Waals surface area contributed by atoms with Crippen LogP contribution in [0.5, 0.6) is 5.75 Å². The Kier molecular flexibility index (Phi) is 5.77. The minimum Gasteiger partial charge on any atom is -0.508 e. The Balaban J connectivity index is 1.54. The van der Waals surface area contributed by atoms with Crippen LogP contribution in [0.3, 0.4) is 0 Å². The Labute approximate surface area is 181 Å². The van der Waals surface area contributed by atoms with E-state index in [1.807, 2.05) is 54.6 Å². The van der Waals surface area contributed by atoms with Crippen LogP contribution < -0.4 is 0 Å². The summed E-state index contributed by atoms with van der Waals surface area (Å²) < 4.78 is 31.3. The standard InChI is InChI=1S/C26H20O4S/c27-26-18-22-12-9-21(8-4-7-19-10-13-25(14-11-19)31(28,29)30)15-23(22)17-24(26)16-20-5-2-1-3-6-20/h1-3,5-6,9-15,17-18,27H,7,16H2,(H,28,29,30). The number of rotatable bonds is 4. The maximum absolute atomic E-state index is 11.1. The fourth-order valence-electron chi connectivity index (χ4n) is 3.40. The summed E-state index contributed by atoms with van der Waals surface area (Å²) in [6, 6.07) is 25.6. The van der Waals surface area contributed by atoms with Gasteiger partial charge in [0.2, 0.25) is 0 Å². The molecular weight excluding hydrogens is 408 g/mol. The number of phenolic OH excluding ortho intramolecular Hbond substituents is 1. The zero-order valence-corrected chi connectivity index (χ0v) is 17.4. The summed E-state index contributed by atoms with van der Waals surface area (Å²) in [6.45, 7) is 0. The molecule has 4 nitrogen and oxygen atoms in total. The van der Waals surface area contributed by atoms with Gasteiger partial charge in [0.05, 0.1) is 4.90 Å². The predicted octanol–water partition coefficient (Wildman–Crippen LogP) is 4.98. The number of hydrogen-bond acceptors (Lipinski definition) is 3. The van der Waals surface area contributed by atoms with Crippen LogP contribution in [0.1, 0.15) is 22.3 Å². The van der Waals surface area contributed by atoms with Gasteiger partial charge in [0.15, 0.2) is 0 Å². The summed E-state index contributed by atoms with van der Waals surface area (Å²) >= 11 is 0. The molecule has 0 aliphatic carbocycles. The van der Waals surface area contributed by atoms with Gasteiger partial charge in [-0.05, 0) is 63.9 Å². The predicted molar refractivity (Wildman–Crippen MR) is 122 cm³/mol. The first-order valence-electron chi connectivity index (χ1n) is 9.73. The van der Waals surface area contributed by atoms with Crippen molar-refractivity contribution < 1.29 is 18.1 Å². The Morgan fingerprint density at radius 2 is 1.52 bits per heavy atom. The number of benzene rings is 4. The maximum atomic E-state index is 11.1. The molecule has 0 heterocycles. The normalized spacial score (nSPS) is 11.1. The van der Waals surface area contributed by atoms with Crippen molar-refractivity contribution in [3.8, 4) is 17.6 Å². The van der Waals surface area contributed by atoms with Crippen molar-refractivity contribution in [1.82, 2.24) is 0 Å². The largest absolute Gasteiger partial charge is 0.508 e. The van der Waals surface area contributed by atoms with Crippen LogP contribution in [-0.2, 0) is 23.0 Å². The van der Waals surface area contributed by atoms with E-state index in [2.05, 4.69) is 11.8 Å². The fourth-order valence-corrected chi connectivity index (χ4v) is 3.88. The van der Waals surface area contributed by atoms with E-state index in [1.54, 1.807) is 18.2 Å². The molecule has 4 aromatic carbocycles. The summed E-state index contributed by atoms with van der Waals surface area (Å²) in [5.41, 5.74) is 3.71. The third-order valence-corrected chi connectivity index (χ3v) is 5.89. The molecule has 2 N–H and O–H groups in total. The fraction of sp³-hybridized carbons (Fsp3) is 0.0769. The van der Waals surface area contributed by atoms with Crippen molar-refractivity contribution in [2.75, 3.05) is 0 Å². The second-order valence-corrected chi connectivity index (χ2v) is 8.72. The lowest BCUT2D eigenvalue weighted by atomic mass is 9.99. The second-order valence-electron chi connectivity index (χ2n) is 7.30. The van der Waals surface area contributed by atoms with Gasteiger partial charge < -0.3 is 5.11 Å². The lowest BCUT2D eigenvalue weighted by Crippen LogP contribution is -1.97. The molecule has 0 amide bonds. The topological polar surface area (TPSA) is 74.6 Å². The van der Waals surface area contributed by atoms with Gasteiger partial charge in [0.25, 0.3) is 10.1 Å². The maximum Gasteiger partial charge on any atom is 0.294 e. The van der Waals surface area contributed by atoms with Gasteiger partial charge in [0, 0.05) is 18.4 Å². The molecular formula is C26H20O4S. The molecule has 0 saturated carbocycles. The molecule has 4 rings (SSSR count). The molecule has 0 atom stereocenters. The lowest BCUT2D eigenvalue weighted by Gasteiger charge is -2.08. The SMILES string of the molecule is O=S(=O)(O)c1ccc(CC#Cc2ccc3cc(O)c(Cc4ccccc4)cc3c2)cc1. The highest BCUT2D eigenvalue weighted by Gasteiger charge is 2.08. The van der Waals surface area contributed by atoms with Crippen molar-refractivity contribution in [3.63, 3.8) is 0 Å². The van der Waals surface area contributed by atoms with E-state index in [9.17, 15) is 13.5 Å². The molecule has 5 heteroatoms. The zero-order chi connectivity index (χ0) is 21.8. The van der Waals surface area contributed by atoms with Crippen LogP contribution in [0.25, 0.3) is 10.8 Å². The van der Waals surface area contributed by atoms with Crippen LogP contribution >= 0.6 is 0 Å². The molecule has 0 aromatic heterocycles. The quantitative estimate of drug-likeness (QED) is 0.355. The molecule has 0 saturated heterocycles. The molecule has 154 valence electrons. The zero-order valence-electron chi connectivity index (χ0n) is 16.6. The molecule has 0 unspecified atom stereocenters. The monoisotopic (exact) mass is 428 g/mol. The van der Waals surface area contributed by atoms with Crippen molar-refractivity contribution in [2.24, 2.45) is 0 Å². The Morgan fingerprint density at radius 3 is 2.23 bits per heavy atom. The Hall–Kier alpha value is -3.59. The molecule has 0 bridgehead atoms. The molecule has 0 radical (unpaired) electrons. The number of hydrogen-bond donors (Lipinski definition) is 2. The van der Waals surface area contributed by atoms with Crippen LogP contribution in [0.2, 0.25) is 0 Å². The summed E-state index contributed by atoms with van der Waals surface area (Å²) in [5.74, 6) is 6.51. The minimum absolute atomic E-state index is 0.131. The van der Waals surface area contributed by atoms with Gasteiger partial charge in [-0.1, -0.05) is 60.4 Å². The Bertz CT molecular complexity index is 1400. The van der Waals surface area contributed by atoms with Crippen molar-refractivity contribution in [2.45, 2.75) is 17.7 Å². The molecule has 0 fully saturated rings. The van der Waals surface area contributed by atoms with Gasteiger partial charge in [0.1, 0.15) is 5.75 Å². The highest BCUT2D eigenvalue weighted by Crippen LogP contribution is 2.27. The summed E-state index contributed by atoms with van der Waals surface area (Å²) in [4.78, 5) is -0.131. The van der Waals surface area contributed by atoms with E-state index < -0.39 is 10.1 Å². The number of fused-ring (bicyclic) bond motifs is 1. The van der Waals surface area contributed by atoms with Crippen molar-refractivity contribution >= 4 is 20.9 Å². The highest BCUT2D eigenvalue weighted by molar-refractivity contribution is 7.85. The van der Waals surface area contributed by atoms with Crippen LogP contribution in [-0.4, -0.2) is 18.1 Å². The van der Waals surface area contributed by atoms with E-state index in [0.29, 0.717) is 12.8 Å². The van der Waals surface area contributed by atoms with Crippen LogP contribution in [0.15, 0.2) is 89.8 Å². The third kappa shape index (κ3) is 5.13. The van der Waals surface area contributed by atoms with E-state index in [0.717, 1.165) is 33.0 Å². The lowest BCUT2D eigenvalue weighted by molar-refractivity contribution is 0.470. The summed E-state index contributed by atoms with van der Waals surface area (Å²) in [7, 11) is -4.18.